The molecule has 0 aliphatic heterocycles. The van der Waals surface area contributed by atoms with Gasteiger partial charge in [0.1, 0.15) is 16.1 Å². The molecule has 0 aliphatic carbocycles. The van der Waals surface area contributed by atoms with Crippen molar-refractivity contribution < 1.29 is 4.43 Å². The minimum Gasteiger partial charge on any atom is -0.418 e. The van der Waals surface area contributed by atoms with E-state index >= 15 is 0 Å². The second-order valence-corrected chi connectivity index (χ2v) is 5.67. The molecule has 0 amide bonds. The lowest BCUT2D eigenvalue weighted by molar-refractivity contribution is 0.0608. The average molecular weight is 292 g/mol. The molecule has 0 fully saturated rings. The Bertz CT molecular complexity index is 154. The van der Waals surface area contributed by atoms with Gasteiger partial charge in [-0.05, 0) is 19.3 Å². The third-order valence-corrected chi connectivity index (χ3v) is 5.55. The summed E-state index contributed by atoms with van der Waals surface area (Å²) in [6.45, 7) is 6.10. The molecular formula is C10H21Cl3OSi. The van der Waals surface area contributed by atoms with Gasteiger partial charge in [-0.1, -0.05) is 20.8 Å². The van der Waals surface area contributed by atoms with E-state index in [-0.39, 0.29) is 16.1 Å². The lowest BCUT2D eigenvalue weighted by atomic mass is 9.87. The van der Waals surface area contributed by atoms with E-state index in [1.54, 1.807) is 0 Å². The molecule has 92 valence electrons. The summed E-state index contributed by atoms with van der Waals surface area (Å²) in [7, 11) is 0.600. The minimum absolute atomic E-state index is 0.125. The van der Waals surface area contributed by atoms with Gasteiger partial charge in [0.05, 0.1) is 16.1 Å². The lowest BCUT2D eigenvalue weighted by Crippen LogP contribution is -2.56. The van der Waals surface area contributed by atoms with Crippen molar-refractivity contribution in [1.29, 1.82) is 0 Å². The van der Waals surface area contributed by atoms with E-state index in [1.165, 1.54) is 0 Å². The number of halogens is 3. The Morgan fingerprint density at radius 3 is 1.33 bits per heavy atom. The first-order valence-corrected chi connectivity index (χ1v) is 7.60. The van der Waals surface area contributed by atoms with Gasteiger partial charge in [-0.3, -0.25) is 0 Å². The maximum absolute atomic E-state index is 6.36. The topological polar surface area (TPSA) is 9.23 Å². The molecule has 0 aromatic heterocycles. The van der Waals surface area contributed by atoms with Gasteiger partial charge >= 0.3 is 0 Å². The fourth-order valence-corrected chi connectivity index (χ4v) is 4.60. The van der Waals surface area contributed by atoms with Crippen molar-refractivity contribution in [2.75, 3.05) is 0 Å². The van der Waals surface area contributed by atoms with Gasteiger partial charge in [0.15, 0.2) is 0 Å². The van der Waals surface area contributed by atoms with Crippen LogP contribution in [0.5, 0.6) is 0 Å². The summed E-state index contributed by atoms with van der Waals surface area (Å²) in [5.74, 6) is 0. The molecule has 0 aromatic carbocycles. The van der Waals surface area contributed by atoms with Gasteiger partial charge in [-0.25, -0.2) is 0 Å². The Balaban J connectivity index is 5.09. The minimum atomic E-state index is -0.574. The third kappa shape index (κ3) is 3.26. The SMILES string of the molecule is CCC(Cl)C(O[SiH3])(C(Cl)CC)C(Cl)CC. The van der Waals surface area contributed by atoms with Crippen LogP contribution < -0.4 is 0 Å². The highest BCUT2D eigenvalue weighted by Gasteiger charge is 2.47. The molecule has 0 saturated heterocycles. The predicted octanol–water partition coefficient (Wildman–Crippen LogP) is 3.07. The molecule has 0 rings (SSSR count). The molecule has 0 spiro atoms. The lowest BCUT2D eigenvalue weighted by Gasteiger charge is -2.43. The predicted molar refractivity (Wildman–Crippen MR) is 73.6 cm³/mol. The first-order chi connectivity index (χ1) is 7.00. The van der Waals surface area contributed by atoms with Crippen LogP contribution in [0, 0.1) is 0 Å². The Labute approximate surface area is 111 Å². The van der Waals surface area contributed by atoms with E-state index < -0.39 is 5.60 Å². The Morgan fingerprint density at radius 1 is 0.933 bits per heavy atom. The van der Waals surface area contributed by atoms with Crippen LogP contribution in [0.2, 0.25) is 0 Å². The van der Waals surface area contributed by atoms with Gasteiger partial charge < -0.3 is 4.43 Å². The van der Waals surface area contributed by atoms with Crippen molar-refractivity contribution in [3.63, 3.8) is 0 Å². The Kier molecular flexibility index (Phi) is 7.90. The first-order valence-electron chi connectivity index (χ1n) is 5.48. The Hall–Kier alpha value is 1.05. The third-order valence-electron chi connectivity index (χ3n) is 2.90. The maximum Gasteiger partial charge on any atom is 0.147 e. The van der Waals surface area contributed by atoms with Crippen molar-refractivity contribution in [2.45, 2.75) is 61.8 Å². The molecule has 3 unspecified atom stereocenters. The van der Waals surface area contributed by atoms with E-state index in [0.29, 0.717) is 10.5 Å². The van der Waals surface area contributed by atoms with Crippen LogP contribution in [0.3, 0.4) is 0 Å². The summed E-state index contributed by atoms with van der Waals surface area (Å²) < 4.78 is 5.74. The van der Waals surface area contributed by atoms with Crippen LogP contribution in [-0.2, 0) is 4.43 Å². The molecule has 0 bridgehead atoms. The van der Waals surface area contributed by atoms with Gasteiger partial charge in [-0.15, -0.1) is 34.8 Å². The second kappa shape index (κ2) is 7.39. The van der Waals surface area contributed by atoms with E-state index in [1.807, 2.05) is 20.8 Å². The highest BCUT2D eigenvalue weighted by molar-refractivity contribution is 6.29. The van der Waals surface area contributed by atoms with Crippen LogP contribution in [0.1, 0.15) is 40.0 Å². The van der Waals surface area contributed by atoms with Crippen molar-refractivity contribution >= 4 is 45.3 Å². The van der Waals surface area contributed by atoms with Gasteiger partial charge in [0, 0.05) is 0 Å². The standard InChI is InChI=1S/C10H21Cl3OSi/c1-4-7(11)10(14-15,8(12)5-2)9(13)6-3/h7-9H,4-6H2,1-3,15H3. The van der Waals surface area contributed by atoms with E-state index in [2.05, 4.69) is 0 Å². The van der Waals surface area contributed by atoms with Crippen molar-refractivity contribution in [2.24, 2.45) is 0 Å². The summed E-state index contributed by atoms with van der Waals surface area (Å²) in [4.78, 5) is 0. The summed E-state index contributed by atoms with van der Waals surface area (Å²) in [5.41, 5.74) is -0.574. The van der Waals surface area contributed by atoms with E-state index in [4.69, 9.17) is 39.2 Å². The van der Waals surface area contributed by atoms with Crippen LogP contribution in [0.25, 0.3) is 0 Å². The smallest absolute Gasteiger partial charge is 0.147 e. The second-order valence-electron chi connectivity index (χ2n) is 3.69. The van der Waals surface area contributed by atoms with E-state index in [0.717, 1.165) is 19.3 Å². The zero-order valence-corrected chi connectivity index (χ0v) is 14.2. The van der Waals surface area contributed by atoms with Crippen LogP contribution in [0.4, 0.5) is 0 Å². The van der Waals surface area contributed by atoms with Crippen molar-refractivity contribution in [3.8, 4) is 0 Å². The number of rotatable bonds is 7. The summed E-state index contributed by atoms with van der Waals surface area (Å²) in [5, 5.41) is -0.375. The van der Waals surface area contributed by atoms with Gasteiger partial charge in [-0.2, -0.15) is 0 Å². The molecule has 15 heavy (non-hydrogen) atoms. The average Bonchev–Trinajstić information content (AvgIpc) is 2.29. The molecule has 5 heteroatoms. The van der Waals surface area contributed by atoms with Crippen LogP contribution in [-0.4, -0.2) is 32.2 Å². The summed E-state index contributed by atoms with van der Waals surface area (Å²) in [6.07, 6.45) is 2.45. The first kappa shape index (κ1) is 16.0. The maximum atomic E-state index is 6.36. The van der Waals surface area contributed by atoms with Crippen LogP contribution >= 0.6 is 34.8 Å². The monoisotopic (exact) mass is 290 g/mol. The molecule has 0 heterocycles. The van der Waals surface area contributed by atoms with E-state index in [9.17, 15) is 0 Å². The molecule has 0 radical (unpaired) electrons. The number of hydrogen-bond donors (Lipinski definition) is 0. The molecule has 0 aliphatic rings. The molecule has 1 nitrogen and oxygen atoms in total. The van der Waals surface area contributed by atoms with Gasteiger partial charge in [0.25, 0.3) is 0 Å². The molecule has 0 N–H and O–H groups in total. The molecule has 0 saturated carbocycles. The molecule has 0 aromatic rings. The van der Waals surface area contributed by atoms with Crippen molar-refractivity contribution in [3.05, 3.63) is 0 Å². The van der Waals surface area contributed by atoms with Gasteiger partial charge in [0.2, 0.25) is 0 Å². The highest BCUT2D eigenvalue weighted by atomic mass is 35.5. The zero-order chi connectivity index (χ0) is 12.1. The highest BCUT2D eigenvalue weighted by Crippen LogP contribution is 2.38. The van der Waals surface area contributed by atoms with Crippen molar-refractivity contribution in [1.82, 2.24) is 0 Å². The fourth-order valence-electron chi connectivity index (χ4n) is 1.93. The summed E-state index contributed by atoms with van der Waals surface area (Å²) >= 11 is 19.1. The normalized spacial score (nSPS) is 22.0. The number of hydrogen-bond acceptors (Lipinski definition) is 1. The quantitative estimate of drug-likeness (QED) is 0.517. The largest absolute Gasteiger partial charge is 0.418 e. The summed E-state index contributed by atoms with van der Waals surface area (Å²) in [6, 6.07) is 0. The molecule has 3 atom stereocenters. The van der Waals surface area contributed by atoms with Crippen LogP contribution in [0.15, 0.2) is 0 Å². The number of alkyl halides is 3. The Morgan fingerprint density at radius 2 is 1.20 bits per heavy atom. The zero-order valence-electron chi connectivity index (χ0n) is 9.90. The molecular weight excluding hydrogens is 271 g/mol. The fraction of sp³-hybridized carbons (Fsp3) is 1.00.